The van der Waals surface area contributed by atoms with Gasteiger partial charge in [0.15, 0.2) is 0 Å². The second kappa shape index (κ2) is 4.28. The summed E-state index contributed by atoms with van der Waals surface area (Å²) in [6.07, 6.45) is 0.866. The molecule has 1 atom stereocenters. The van der Waals surface area contributed by atoms with Gasteiger partial charge in [-0.1, -0.05) is 13.8 Å². The fourth-order valence-electron chi connectivity index (χ4n) is 0.913. The molecule has 0 bridgehead atoms. The molecule has 3 nitrogen and oxygen atoms in total. The smallest absolute Gasteiger partial charge is 0.304 e. The SMILES string of the molecule is CC(C)CC(N)CC(=O)O. The first-order valence-corrected chi connectivity index (χ1v) is 3.49. The quantitative estimate of drug-likeness (QED) is 0.616. The Balaban J connectivity index is 3.43. The van der Waals surface area contributed by atoms with Crippen molar-refractivity contribution in [2.45, 2.75) is 32.7 Å². The zero-order valence-electron chi connectivity index (χ0n) is 6.50. The summed E-state index contributed by atoms with van der Waals surface area (Å²) in [4.78, 5) is 10.1. The Hall–Kier alpha value is -0.570. The van der Waals surface area contributed by atoms with E-state index in [0.717, 1.165) is 6.42 Å². The Bertz CT molecular complexity index is 112. The van der Waals surface area contributed by atoms with Crippen LogP contribution in [0.4, 0.5) is 0 Å². The van der Waals surface area contributed by atoms with Crippen LogP contribution in [0.2, 0.25) is 0 Å². The minimum atomic E-state index is -0.812. The Morgan fingerprint density at radius 3 is 2.40 bits per heavy atom. The number of carboxylic acid groups (broad SMARTS) is 1. The molecule has 3 N–H and O–H groups in total. The van der Waals surface area contributed by atoms with Gasteiger partial charge in [0, 0.05) is 6.04 Å². The number of hydrogen-bond acceptors (Lipinski definition) is 2. The van der Waals surface area contributed by atoms with E-state index in [9.17, 15) is 4.79 Å². The van der Waals surface area contributed by atoms with Gasteiger partial charge in [-0.2, -0.15) is 0 Å². The molecule has 0 aliphatic rings. The van der Waals surface area contributed by atoms with E-state index < -0.39 is 5.97 Å². The highest BCUT2D eigenvalue weighted by Crippen LogP contribution is 2.04. The maximum absolute atomic E-state index is 10.1. The number of carbonyl (C=O) groups is 1. The number of rotatable bonds is 4. The van der Waals surface area contributed by atoms with Crippen LogP contribution in [-0.2, 0) is 4.79 Å². The molecule has 0 rings (SSSR count). The Morgan fingerprint density at radius 1 is 1.60 bits per heavy atom. The molecule has 0 aliphatic carbocycles. The summed E-state index contributed by atoms with van der Waals surface area (Å²) in [5.41, 5.74) is 5.49. The summed E-state index contributed by atoms with van der Waals surface area (Å²) >= 11 is 0. The van der Waals surface area contributed by atoms with E-state index in [-0.39, 0.29) is 12.5 Å². The largest absolute Gasteiger partial charge is 0.481 e. The van der Waals surface area contributed by atoms with Crippen molar-refractivity contribution in [1.29, 1.82) is 0 Å². The lowest BCUT2D eigenvalue weighted by molar-refractivity contribution is -0.137. The highest BCUT2D eigenvalue weighted by molar-refractivity contribution is 5.67. The van der Waals surface area contributed by atoms with Crippen LogP contribution < -0.4 is 5.73 Å². The van der Waals surface area contributed by atoms with E-state index >= 15 is 0 Å². The second-order valence-electron chi connectivity index (χ2n) is 2.99. The van der Waals surface area contributed by atoms with Crippen LogP contribution in [0.3, 0.4) is 0 Å². The van der Waals surface area contributed by atoms with E-state index in [0.29, 0.717) is 5.92 Å². The van der Waals surface area contributed by atoms with Crippen LogP contribution in [0.25, 0.3) is 0 Å². The normalized spacial score (nSPS) is 13.6. The molecule has 0 spiro atoms. The topological polar surface area (TPSA) is 63.3 Å². The van der Waals surface area contributed by atoms with Crippen molar-refractivity contribution in [2.75, 3.05) is 0 Å². The van der Waals surface area contributed by atoms with Gasteiger partial charge in [0.05, 0.1) is 6.42 Å². The monoisotopic (exact) mass is 145 g/mol. The fraction of sp³-hybridized carbons (Fsp3) is 0.857. The van der Waals surface area contributed by atoms with Gasteiger partial charge in [0.25, 0.3) is 0 Å². The molecular formula is C7H15NO2. The van der Waals surface area contributed by atoms with E-state index in [2.05, 4.69) is 0 Å². The van der Waals surface area contributed by atoms with Crippen LogP contribution in [0.1, 0.15) is 26.7 Å². The Labute approximate surface area is 61.2 Å². The minimum Gasteiger partial charge on any atom is -0.481 e. The van der Waals surface area contributed by atoms with Crippen molar-refractivity contribution in [3.8, 4) is 0 Å². The molecule has 10 heavy (non-hydrogen) atoms. The van der Waals surface area contributed by atoms with Crippen molar-refractivity contribution in [1.82, 2.24) is 0 Å². The van der Waals surface area contributed by atoms with Gasteiger partial charge in [0.1, 0.15) is 0 Å². The van der Waals surface area contributed by atoms with Gasteiger partial charge in [-0.3, -0.25) is 4.79 Å². The number of aliphatic carboxylic acids is 1. The number of nitrogens with two attached hydrogens (primary N) is 1. The van der Waals surface area contributed by atoms with Gasteiger partial charge in [-0.15, -0.1) is 0 Å². The molecule has 0 fully saturated rings. The predicted octanol–water partition coefficient (Wildman–Crippen LogP) is 0.835. The van der Waals surface area contributed by atoms with Gasteiger partial charge < -0.3 is 10.8 Å². The summed E-state index contributed by atoms with van der Waals surface area (Å²) < 4.78 is 0. The van der Waals surface area contributed by atoms with Crippen LogP contribution in [0.15, 0.2) is 0 Å². The fourth-order valence-corrected chi connectivity index (χ4v) is 0.913. The van der Waals surface area contributed by atoms with Gasteiger partial charge in [0.2, 0.25) is 0 Å². The molecule has 0 aromatic heterocycles. The van der Waals surface area contributed by atoms with Gasteiger partial charge >= 0.3 is 5.97 Å². The molecule has 0 heterocycles. The van der Waals surface area contributed by atoms with Gasteiger partial charge in [-0.05, 0) is 12.3 Å². The average molecular weight is 145 g/mol. The van der Waals surface area contributed by atoms with Crippen LogP contribution >= 0.6 is 0 Å². The summed E-state index contributed by atoms with van der Waals surface area (Å²) in [7, 11) is 0. The third kappa shape index (κ3) is 5.56. The highest BCUT2D eigenvalue weighted by Gasteiger charge is 2.08. The zero-order valence-corrected chi connectivity index (χ0v) is 6.50. The zero-order chi connectivity index (χ0) is 8.15. The lowest BCUT2D eigenvalue weighted by Crippen LogP contribution is -2.25. The van der Waals surface area contributed by atoms with Crippen LogP contribution in [0.5, 0.6) is 0 Å². The van der Waals surface area contributed by atoms with Gasteiger partial charge in [-0.25, -0.2) is 0 Å². The summed E-state index contributed by atoms with van der Waals surface area (Å²) in [5.74, 6) is -0.331. The third-order valence-corrected chi connectivity index (χ3v) is 1.21. The molecule has 0 aromatic rings. The average Bonchev–Trinajstić information content (AvgIpc) is 1.58. The first kappa shape index (κ1) is 9.43. The first-order chi connectivity index (χ1) is 4.52. The van der Waals surface area contributed by atoms with Crippen molar-refractivity contribution in [3.05, 3.63) is 0 Å². The van der Waals surface area contributed by atoms with Crippen molar-refractivity contribution in [3.63, 3.8) is 0 Å². The van der Waals surface area contributed by atoms with E-state index in [4.69, 9.17) is 10.8 Å². The van der Waals surface area contributed by atoms with Crippen LogP contribution in [0, 0.1) is 5.92 Å². The van der Waals surface area contributed by atoms with Crippen molar-refractivity contribution in [2.24, 2.45) is 11.7 Å². The number of carboxylic acids is 1. The molecular weight excluding hydrogens is 130 g/mol. The second-order valence-corrected chi connectivity index (χ2v) is 2.99. The molecule has 60 valence electrons. The molecule has 1 unspecified atom stereocenters. The Morgan fingerprint density at radius 2 is 2.10 bits per heavy atom. The van der Waals surface area contributed by atoms with Crippen molar-refractivity contribution < 1.29 is 9.90 Å². The van der Waals surface area contributed by atoms with E-state index in [1.54, 1.807) is 0 Å². The minimum absolute atomic E-state index is 0.0815. The standard InChI is InChI=1S/C7H15NO2/c1-5(2)3-6(8)4-7(9)10/h5-6H,3-4,8H2,1-2H3,(H,9,10). The molecule has 3 heteroatoms. The number of hydrogen-bond donors (Lipinski definition) is 2. The first-order valence-electron chi connectivity index (χ1n) is 3.49. The lowest BCUT2D eigenvalue weighted by atomic mass is 10.0. The van der Waals surface area contributed by atoms with E-state index in [1.165, 1.54) is 0 Å². The maximum atomic E-state index is 10.1. The molecule has 0 aliphatic heterocycles. The Kier molecular flexibility index (Phi) is 4.03. The third-order valence-electron chi connectivity index (χ3n) is 1.21. The molecule has 0 saturated heterocycles. The summed E-state index contributed by atoms with van der Waals surface area (Å²) in [6.45, 7) is 4.06. The summed E-state index contributed by atoms with van der Waals surface area (Å²) in [6, 6.07) is -0.183. The van der Waals surface area contributed by atoms with E-state index in [1.807, 2.05) is 13.8 Å². The molecule has 0 radical (unpaired) electrons. The summed E-state index contributed by atoms with van der Waals surface area (Å²) in [5, 5.41) is 8.32. The molecule has 0 aromatic carbocycles. The van der Waals surface area contributed by atoms with Crippen molar-refractivity contribution >= 4 is 5.97 Å². The van der Waals surface area contributed by atoms with Crippen LogP contribution in [-0.4, -0.2) is 17.1 Å². The highest BCUT2D eigenvalue weighted by atomic mass is 16.4. The molecule has 0 saturated carbocycles. The predicted molar refractivity (Wildman–Crippen MR) is 39.7 cm³/mol. The molecule has 0 amide bonds. The maximum Gasteiger partial charge on any atom is 0.304 e. The lowest BCUT2D eigenvalue weighted by Gasteiger charge is -2.10.